The summed E-state index contributed by atoms with van der Waals surface area (Å²) in [6.07, 6.45) is 4.73. The van der Waals surface area contributed by atoms with Crippen molar-refractivity contribution in [1.82, 2.24) is 29.7 Å². The molecule has 1 aromatic carbocycles. The topological polar surface area (TPSA) is 94.2 Å². The fraction of sp³-hybridized carbons (Fsp3) is 0.348. The smallest absolute Gasteiger partial charge is 0.274 e. The Kier molecular flexibility index (Phi) is 6.55. The number of rotatable bonds is 8. The second kappa shape index (κ2) is 9.52. The van der Waals surface area contributed by atoms with Crippen molar-refractivity contribution in [2.75, 3.05) is 12.0 Å². The molecule has 0 radical (unpaired) electrons. The molecule has 1 atom stereocenters. The van der Waals surface area contributed by atoms with E-state index < -0.39 is 0 Å². The summed E-state index contributed by atoms with van der Waals surface area (Å²) in [6.45, 7) is 3.81. The van der Waals surface area contributed by atoms with Gasteiger partial charge in [0.05, 0.1) is 29.6 Å². The molecular weight excluding hydrogens is 424 g/mol. The number of nitrogens with zero attached hydrogens (tertiary/aromatic N) is 5. The number of pyridine rings is 1. The first-order chi connectivity index (χ1) is 15.5. The van der Waals surface area contributed by atoms with Gasteiger partial charge < -0.3 is 5.32 Å². The number of carbonyl (C=O) groups is 1. The van der Waals surface area contributed by atoms with Gasteiger partial charge in [-0.05, 0) is 50.5 Å². The molecule has 3 aromatic heterocycles. The molecule has 1 N–H and O–H groups in total. The molecule has 0 aliphatic carbocycles. The number of hydrogen-bond donors (Lipinski definition) is 1. The Hall–Kier alpha value is -3.20. The highest BCUT2D eigenvalue weighted by molar-refractivity contribution is 7.98. The van der Waals surface area contributed by atoms with Gasteiger partial charge >= 0.3 is 0 Å². The van der Waals surface area contributed by atoms with Gasteiger partial charge in [0.15, 0.2) is 11.5 Å². The first kappa shape index (κ1) is 22.0. The first-order valence-electron chi connectivity index (χ1n) is 10.6. The van der Waals surface area contributed by atoms with Gasteiger partial charge in [0.2, 0.25) is 5.91 Å². The second-order valence-electron chi connectivity index (χ2n) is 7.90. The second-order valence-corrected chi connectivity index (χ2v) is 8.89. The molecule has 3 heterocycles. The van der Waals surface area contributed by atoms with Crippen LogP contribution < -0.4 is 10.9 Å². The Morgan fingerprint density at radius 2 is 1.84 bits per heavy atom. The molecule has 0 bridgehead atoms. The van der Waals surface area contributed by atoms with Crippen LogP contribution in [0.3, 0.4) is 0 Å². The minimum atomic E-state index is -0.283. The van der Waals surface area contributed by atoms with Crippen LogP contribution in [-0.4, -0.2) is 42.3 Å². The van der Waals surface area contributed by atoms with Crippen molar-refractivity contribution >= 4 is 34.1 Å². The SMILES string of the molecule is CSCC[C@H](NC(=O)Cc1nn(C(C)C)c(=O)c2ccccc12)c1nnc2ccccn12. The summed E-state index contributed by atoms with van der Waals surface area (Å²) in [7, 11) is 0. The van der Waals surface area contributed by atoms with Crippen molar-refractivity contribution in [3.63, 3.8) is 0 Å². The van der Waals surface area contributed by atoms with Crippen LogP contribution in [0.15, 0.2) is 53.5 Å². The molecule has 0 aliphatic heterocycles. The number of carbonyl (C=O) groups excluding carboxylic acids is 1. The maximum Gasteiger partial charge on any atom is 0.274 e. The molecule has 4 aromatic rings. The van der Waals surface area contributed by atoms with Gasteiger partial charge in [0.25, 0.3) is 5.56 Å². The molecule has 0 aliphatic rings. The number of fused-ring (bicyclic) bond motifs is 2. The third-order valence-electron chi connectivity index (χ3n) is 5.32. The van der Waals surface area contributed by atoms with Crippen molar-refractivity contribution < 1.29 is 4.79 Å². The lowest BCUT2D eigenvalue weighted by atomic mass is 10.1. The van der Waals surface area contributed by atoms with Gasteiger partial charge in [0, 0.05) is 11.6 Å². The van der Waals surface area contributed by atoms with Crippen LogP contribution in [0, 0.1) is 0 Å². The molecule has 0 fully saturated rings. The Labute approximate surface area is 190 Å². The minimum Gasteiger partial charge on any atom is -0.346 e. The Morgan fingerprint density at radius 3 is 2.59 bits per heavy atom. The van der Waals surface area contributed by atoms with Crippen LogP contribution in [0.2, 0.25) is 0 Å². The average molecular weight is 451 g/mol. The molecule has 9 heteroatoms. The van der Waals surface area contributed by atoms with E-state index >= 15 is 0 Å². The van der Waals surface area contributed by atoms with Crippen LogP contribution in [-0.2, 0) is 11.2 Å². The monoisotopic (exact) mass is 450 g/mol. The Balaban J connectivity index is 1.65. The maximum atomic E-state index is 13.1. The molecular formula is C23H26N6O2S. The molecule has 0 spiro atoms. The van der Waals surface area contributed by atoms with Crippen LogP contribution in [0.5, 0.6) is 0 Å². The summed E-state index contributed by atoms with van der Waals surface area (Å²) in [6, 6.07) is 12.6. The van der Waals surface area contributed by atoms with Gasteiger partial charge in [0.1, 0.15) is 0 Å². The molecule has 0 saturated heterocycles. The Bertz CT molecular complexity index is 1310. The fourth-order valence-corrected chi connectivity index (χ4v) is 4.22. The van der Waals surface area contributed by atoms with Crippen molar-refractivity contribution in [3.05, 3.63) is 70.5 Å². The zero-order valence-corrected chi connectivity index (χ0v) is 19.2. The van der Waals surface area contributed by atoms with E-state index in [1.54, 1.807) is 17.8 Å². The first-order valence-corrected chi connectivity index (χ1v) is 12.0. The molecule has 166 valence electrons. The lowest BCUT2D eigenvalue weighted by molar-refractivity contribution is -0.121. The largest absolute Gasteiger partial charge is 0.346 e. The van der Waals surface area contributed by atoms with Crippen molar-refractivity contribution in [1.29, 1.82) is 0 Å². The number of hydrogen-bond acceptors (Lipinski definition) is 6. The normalized spacial score (nSPS) is 12.5. The van der Waals surface area contributed by atoms with Gasteiger partial charge in [-0.25, -0.2) is 4.68 Å². The summed E-state index contributed by atoms with van der Waals surface area (Å²) in [4.78, 5) is 25.9. The Morgan fingerprint density at radius 1 is 1.09 bits per heavy atom. The predicted molar refractivity (Wildman–Crippen MR) is 127 cm³/mol. The quantitative estimate of drug-likeness (QED) is 0.443. The zero-order chi connectivity index (χ0) is 22.7. The highest BCUT2D eigenvalue weighted by Crippen LogP contribution is 2.20. The molecule has 4 rings (SSSR count). The van der Waals surface area contributed by atoms with E-state index in [0.29, 0.717) is 22.3 Å². The average Bonchev–Trinajstić information content (AvgIpc) is 3.22. The van der Waals surface area contributed by atoms with Gasteiger partial charge in [-0.15, -0.1) is 10.2 Å². The summed E-state index contributed by atoms with van der Waals surface area (Å²) in [5, 5.41) is 17.5. The van der Waals surface area contributed by atoms with E-state index in [2.05, 4.69) is 20.6 Å². The predicted octanol–water partition coefficient (Wildman–Crippen LogP) is 3.17. The summed E-state index contributed by atoms with van der Waals surface area (Å²) < 4.78 is 3.35. The van der Waals surface area contributed by atoms with Crippen LogP contribution in [0.4, 0.5) is 0 Å². The number of aromatic nitrogens is 5. The van der Waals surface area contributed by atoms with Crippen molar-refractivity contribution in [2.45, 2.75) is 38.8 Å². The summed E-state index contributed by atoms with van der Waals surface area (Å²) in [5.74, 6) is 1.40. The number of thioether (sulfide) groups is 1. The third kappa shape index (κ3) is 4.38. The number of benzene rings is 1. The van der Waals surface area contributed by atoms with Crippen LogP contribution in [0.25, 0.3) is 16.4 Å². The molecule has 0 unspecified atom stereocenters. The summed E-state index contributed by atoms with van der Waals surface area (Å²) >= 11 is 1.71. The van der Waals surface area contributed by atoms with E-state index in [9.17, 15) is 9.59 Å². The number of nitrogens with one attached hydrogen (secondary N) is 1. The van der Waals surface area contributed by atoms with E-state index in [-0.39, 0.29) is 30.0 Å². The van der Waals surface area contributed by atoms with Crippen molar-refractivity contribution in [3.8, 4) is 0 Å². The van der Waals surface area contributed by atoms with E-state index in [1.165, 1.54) is 4.68 Å². The van der Waals surface area contributed by atoms with Gasteiger partial charge in [-0.1, -0.05) is 24.3 Å². The highest BCUT2D eigenvalue weighted by Gasteiger charge is 2.22. The standard InChI is InChI=1S/C23H26N6O2S/c1-15(2)29-23(31)17-9-5-4-8-16(17)19(27-29)14-21(30)24-18(11-13-32-3)22-26-25-20-10-6-7-12-28(20)22/h4-10,12,15,18H,11,13-14H2,1-3H3,(H,24,30)/t18-/m0/s1. The molecule has 32 heavy (non-hydrogen) atoms. The zero-order valence-electron chi connectivity index (χ0n) is 18.4. The summed E-state index contributed by atoms with van der Waals surface area (Å²) in [5.41, 5.74) is 1.18. The third-order valence-corrected chi connectivity index (χ3v) is 5.96. The maximum absolute atomic E-state index is 13.1. The lowest BCUT2D eigenvalue weighted by Crippen LogP contribution is -2.33. The van der Waals surface area contributed by atoms with Gasteiger partial charge in [-0.2, -0.15) is 16.9 Å². The fourth-order valence-electron chi connectivity index (χ4n) is 3.75. The van der Waals surface area contributed by atoms with Crippen LogP contribution in [0.1, 0.15) is 43.9 Å². The molecule has 1 amide bonds. The van der Waals surface area contributed by atoms with Gasteiger partial charge in [-0.3, -0.25) is 14.0 Å². The number of amides is 1. The lowest BCUT2D eigenvalue weighted by Gasteiger charge is -2.18. The van der Waals surface area contributed by atoms with E-state index in [1.807, 2.05) is 67.1 Å². The molecule has 8 nitrogen and oxygen atoms in total. The van der Waals surface area contributed by atoms with E-state index in [4.69, 9.17) is 0 Å². The van der Waals surface area contributed by atoms with Crippen LogP contribution >= 0.6 is 11.8 Å². The molecule has 0 saturated carbocycles. The minimum absolute atomic E-state index is 0.0695. The van der Waals surface area contributed by atoms with E-state index in [0.717, 1.165) is 17.8 Å². The highest BCUT2D eigenvalue weighted by atomic mass is 32.2. The van der Waals surface area contributed by atoms with Crippen molar-refractivity contribution in [2.24, 2.45) is 0 Å².